The van der Waals surface area contributed by atoms with Crippen LogP contribution in [0.25, 0.3) is 0 Å². The van der Waals surface area contributed by atoms with Crippen LogP contribution >= 0.6 is 15.9 Å². The van der Waals surface area contributed by atoms with Gasteiger partial charge in [0, 0.05) is 6.54 Å². The molecule has 0 aliphatic rings. The molecule has 2 rings (SSSR count). The zero-order chi connectivity index (χ0) is 19.3. The van der Waals surface area contributed by atoms with Crippen LogP contribution in [0.2, 0.25) is 0 Å². The van der Waals surface area contributed by atoms with Crippen LogP contribution < -0.4 is 14.8 Å². The minimum absolute atomic E-state index is 0.0389. The SMILES string of the molecule is COc1ccc(CCNC(=O)c2n[nH]c(C(C)C)c2Br)cc1OC(F)F. The maximum atomic E-state index is 12.5. The largest absolute Gasteiger partial charge is 0.493 e. The predicted molar refractivity (Wildman–Crippen MR) is 96.0 cm³/mol. The number of nitrogens with zero attached hydrogens (tertiary/aromatic N) is 1. The smallest absolute Gasteiger partial charge is 0.387 e. The van der Waals surface area contributed by atoms with Gasteiger partial charge in [0.25, 0.3) is 5.91 Å². The van der Waals surface area contributed by atoms with Crippen LogP contribution in [0.5, 0.6) is 11.5 Å². The van der Waals surface area contributed by atoms with Gasteiger partial charge in [0.15, 0.2) is 17.2 Å². The lowest BCUT2D eigenvalue weighted by molar-refractivity contribution is -0.0512. The summed E-state index contributed by atoms with van der Waals surface area (Å²) in [6.07, 6.45) is 0.439. The van der Waals surface area contributed by atoms with E-state index in [9.17, 15) is 13.6 Å². The molecule has 0 saturated carbocycles. The van der Waals surface area contributed by atoms with Crippen molar-refractivity contribution in [1.82, 2.24) is 15.5 Å². The summed E-state index contributed by atoms with van der Waals surface area (Å²) < 4.78 is 35.0. The van der Waals surface area contributed by atoms with Crippen molar-refractivity contribution >= 4 is 21.8 Å². The van der Waals surface area contributed by atoms with Crippen molar-refractivity contribution in [3.05, 3.63) is 39.6 Å². The zero-order valence-corrected chi connectivity index (χ0v) is 16.2. The summed E-state index contributed by atoms with van der Waals surface area (Å²) in [5.74, 6) is 0.0614. The highest BCUT2D eigenvalue weighted by Gasteiger charge is 2.19. The van der Waals surface area contributed by atoms with Crippen molar-refractivity contribution in [3.63, 3.8) is 0 Å². The van der Waals surface area contributed by atoms with E-state index in [0.717, 1.165) is 11.3 Å². The number of amides is 1. The highest BCUT2D eigenvalue weighted by molar-refractivity contribution is 9.10. The van der Waals surface area contributed by atoms with Gasteiger partial charge in [0.05, 0.1) is 17.3 Å². The third-order valence-corrected chi connectivity index (χ3v) is 4.47. The molecule has 0 spiro atoms. The van der Waals surface area contributed by atoms with E-state index < -0.39 is 6.61 Å². The molecule has 0 radical (unpaired) electrons. The minimum atomic E-state index is -2.94. The fraction of sp³-hybridized carbons (Fsp3) is 0.412. The monoisotopic (exact) mass is 431 g/mol. The number of hydrogen-bond donors (Lipinski definition) is 2. The molecule has 1 aromatic carbocycles. The van der Waals surface area contributed by atoms with Crippen molar-refractivity contribution in [3.8, 4) is 11.5 Å². The summed E-state index contributed by atoms with van der Waals surface area (Å²) >= 11 is 3.38. The lowest BCUT2D eigenvalue weighted by Gasteiger charge is -2.11. The second-order valence-corrected chi connectivity index (χ2v) is 6.62. The summed E-state index contributed by atoms with van der Waals surface area (Å²) in [4.78, 5) is 12.2. The zero-order valence-electron chi connectivity index (χ0n) is 14.6. The average Bonchev–Trinajstić information content (AvgIpc) is 2.96. The molecule has 2 N–H and O–H groups in total. The number of aromatic amines is 1. The summed E-state index contributed by atoms with van der Waals surface area (Å²) in [6, 6.07) is 4.75. The van der Waals surface area contributed by atoms with Crippen LogP contribution in [-0.2, 0) is 6.42 Å². The topological polar surface area (TPSA) is 76.2 Å². The Labute approximate surface area is 158 Å². The lowest BCUT2D eigenvalue weighted by atomic mass is 10.1. The number of nitrogens with one attached hydrogen (secondary N) is 2. The highest BCUT2D eigenvalue weighted by Crippen LogP contribution is 2.29. The molecule has 0 saturated heterocycles. The molecule has 0 aliphatic carbocycles. The van der Waals surface area contributed by atoms with E-state index in [4.69, 9.17) is 4.74 Å². The fourth-order valence-electron chi connectivity index (χ4n) is 2.34. The summed E-state index contributed by atoms with van der Waals surface area (Å²) in [5.41, 5.74) is 1.86. The number of aromatic nitrogens is 2. The van der Waals surface area contributed by atoms with Gasteiger partial charge in [-0.05, 0) is 46.0 Å². The molecule has 142 valence electrons. The molecule has 0 unspecified atom stereocenters. The van der Waals surface area contributed by atoms with E-state index in [-0.39, 0.29) is 29.0 Å². The van der Waals surface area contributed by atoms with E-state index in [1.807, 2.05) is 13.8 Å². The van der Waals surface area contributed by atoms with Crippen LogP contribution in [0.4, 0.5) is 8.78 Å². The number of rotatable bonds is 8. The molecule has 2 aromatic rings. The van der Waals surface area contributed by atoms with Crippen LogP contribution in [0.3, 0.4) is 0 Å². The Morgan fingerprint density at radius 2 is 2.08 bits per heavy atom. The first kappa shape index (κ1) is 20.2. The Morgan fingerprint density at radius 1 is 1.35 bits per heavy atom. The Bertz CT molecular complexity index is 766. The number of benzene rings is 1. The fourth-order valence-corrected chi connectivity index (χ4v) is 3.16. The molecule has 0 bridgehead atoms. The van der Waals surface area contributed by atoms with Crippen LogP contribution in [0.15, 0.2) is 22.7 Å². The number of carbonyl (C=O) groups is 1. The maximum Gasteiger partial charge on any atom is 0.387 e. The number of ether oxygens (including phenoxy) is 2. The summed E-state index contributed by atoms with van der Waals surface area (Å²) in [6.45, 7) is 1.35. The molecular formula is C17H20BrF2N3O3. The average molecular weight is 432 g/mol. The van der Waals surface area contributed by atoms with Crippen molar-refractivity contribution in [1.29, 1.82) is 0 Å². The first-order valence-corrected chi connectivity index (χ1v) is 8.76. The Kier molecular flexibility index (Phi) is 6.96. The summed E-state index contributed by atoms with van der Waals surface area (Å²) in [5, 5.41) is 9.63. The molecule has 0 atom stereocenters. The van der Waals surface area contributed by atoms with Gasteiger partial charge in [0.2, 0.25) is 0 Å². The van der Waals surface area contributed by atoms with Crippen LogP contribution in [0, 0.1) is 0 Å². The van der Waals surface area contributed by atoms with Crippen LogP contribution in [0.1, 0.15) is 41.5 Å². The van der Waals surface area contributed by atoms with E-state index in [1.54, 1.807) is 12.1 Å². The number of methoxy groups -OCH3 is 1. The lowest BCUT2D eigenvalue weighted by Crippen LogP contribution is -2.26. The standard InChI is InChI=1S/C17H20BrF2N3O3/c1-9(2)14-13(18)15(23-22-14)16(24)21-7-6-10-4-5-11(25-3)12(8-10)26-17(19)20/h4-5,8-9,17H,6-7H2,1-3H3,(H,21,24)(H,22,23). The minimum Gasteiger partial charge on any atom is -0.493 e. The number of hydrogen-bond acceptors (Lipinski definition) is 4. The van der Waals surface area contributed by atoms with Crippen LogP contribution in [-0.4, -0.2) is 36.4 Å². The van der Waals surface area contributed by atoms with Gasteiger partial charge in [-0.15, -0.1) is 0 Å². The molecule has 1 aromatic heterocycles. The third-order valence-electron chi connectivity index (χ3n) is 3.67. The van der Waals surface area contributed by atoms with E-state index in [2.05, 4.69) is 36.2 Å². The molecule has 1 amide bonds. The highest BCUT2D eigenvalue weighted by atomic mass is 79.9. The third kappa shape index (κ3) is 4.94. The molecule has 0 fully saturated rings. The van der Waals surface area contributed by atoms with Gasteiger partial charge in [-0.1, -0.05) is 19.9 Å². The Morgan fingerprint density at radius 3 is 2.65 bits per heavy atom. The number of carbonyl (C=O) groups excluding carboxylic acids is 1. The van der Waals surface area contributed by atoms with Crippen molar-refractivity contribution in [2.24, 2.45) is 0 Å². The molecule has 0 aliphatic heterocycles. The van der Waals surface area contributed by atoms with E-state index in [1.165, 1.54) is 13.2 Å². The Hall–Kier alpha value is -2.16. The molecule has 26 heavy (non-hydrogen) atoms. The van der Waals surface area contributed by atoms with Gasteiger partial charge < -0.3 is 14.8 Å². The van der Waals surface area contributed by atoms with Gasteiger partial charge in [0.1, 0.15) is 0 Å². The second-order valence-electron chi connectivity index (χ2n) is 5.82. The molecule has 9 heteroatoms. The van der Waals surface area contributed by atoms with Crippen molar-refractivity contribution < 1.29 is 23.0 Å². The number of H-pyrrole nitrogens is 1. The van der Waals surface area contributed by atoms with Gasteiger partial charge in [-0.2, -0.15) is 13.9 Å². The number of alkyl halides is 2. The molecule has 1 heterocycles. The van der Waals surface area contributed by atoms with Gasteiger partial charge >= 0.3 is 6.61 Å². The van der Waals surface area contributed by atoms with Gasteiger partial charge in [-0.3, -0.25) is 9.89 Å². The first-order valence-electron chi connectivity index (χ1n) is 7.97. The normalized spacial score (nSPS) is 11.1. The van der Waals surface area contributed by atoms with Gasteiger partial charge in [-0.25, -0.2) is 0 Å². The first-order chi connectivity index (χ1) is 12.3. The van der Waals surface area contributed by atoms with Crippen molar-refractivity contribution in [2.45, 2.75) is 32.8 Å². The predicted octanol–water partition coefficient (Wildman–Crippen LogP) is 3.88. The summed E-state index contributed by atoms with van der Waals surface area (Å²) in [7, 11) is 1.38. The maximum absolute atomic E-state index is 12.5. The van der Waals surface area contributed by atoms with E-state index >= 15 is 0 Å². The Balaban J connectivity index is 1.98. The number of halogens is 3. The molecule has 6 nitrogen and oxygen atoms in total. The van der Waals surface area contributed by atoms with E-state index in [0.29, 0.717) is 17.4 Å². The van der Waals surface area contributed by atoms with Crippen molar-refractivity contribution in [2.75, 3.05) is 13.7 Å². The molecular weight excluding hydrogens is 412 g/mol. The quantitative estimate of drug-likeness (QED) is 0.664. The second kappa shape index (κ2) is 8.98.